The Balaban J connectivity index is 2.29. The smallest absolute Gasteiger partial charge is 0.288 e. The van der Waals surface area contributed by atoms with E-state index in [1.807, 2.05) is 13.8 Å². The van der Waals surface area contributed by atoms with E-state index in [0.717, 1.165) is 6.20 Å². The molecule has 0 aliphatic carbocycles. The minimum Gasteiger partial charge on any atom is -0.376 e. The topological polar surface area (TPSA) is 106 Å². The van der Waals surface area contributed by atoms with Crippen molar-refractivity contribution >= 4 is 17.4 Å². The van der Waals surface area contributed by atoms with Crippen molar-refractivity contribution < 1.29 is 14.5 Å². The van der Waals surface area contributed by atoms with Gasteiger partial charge in [0.1, 0.15) is 12.0 Å². The van der Waals surface area contributed by atoms with Crippen LogP contribution < -0.4 is 10.6 Å². The van der Waals surface area contributed by atoms with Gasteiger partial charge >= 0.3 is 0 Å². The lowest BCUT2D eigenvalue weighted by Gasteiger charge is -2.29. The molecule has 1 aromatic heterocycles. The van der Waals surface area contributed by atoms with Crippen molar-refractivity contribution in [3.63, 3.8) is 0 Å². The molecule has 8 heteroatoms. The van der Waals surface area contributed by atoms with Crippen molar-refractivity contribution in [2.45, 2.75) is 31.9 Å². The van der Waals surface area contributed by atoms with E-state index >= 15 is 0 Å². The number of hydrogen-bond acceptors (Lipinski definition) is 6. The van der Waals surface area contributed by atoms with Crippen molar-refractivity contribution in [1.29, 1.82) is 0 Å². The Morgan fingerprint density at radius 2 is 2.33 bits per heavy atom. The predicted octanol–water partition coefficient (Wildman–Crippen LogP) is 1.33. The molecule has 0 bridgehead atoms. The van der Waals surface area contributed by atoms with Crippen LogP contribution in [-0.2, 0) is 4.74 Å². The highest BCUT2D eigenvalue weighted by molar-refractivity contribution is 5.99. The number of nitro groups is 1. The summed E-state index contributed by atoms with van der Waals surface area (Å²) in [5, 5.41) is 16.5. The Morgan fingerprint density at radius 1 is 1.62 bits per heavy atom. The number of nitrogens with one attached hydrogen (secondary N) is 2. The van der Waals surface area contributed by atoms with Crippen molar-refractivity contribution in [3.8, 4) is 0 Å². The van der Waals surface area contributed by atoms with Crippen LogP contribution in [0.4, 0.5) is 11.5 Å². The van der Waals surface area contributed by atoms with Crippen molar-refractivity contribution in [1.82, 2.24) is 10.3 Å². The SMILES string of the molecule is CNc1ncc([N+](=O)[O-])cc1C(=O)NC1(C)CCOC1C. The largest absolute Gasteiger partial charge is 0.376 e. The van der Waals surface area contributed by atoms with E-state index in [4.69, 9.17) is 4.74 Å². The van der Waals surface area contributed by atoms with Gasteiger partial charge in [0.05, 0.1) is 22.1 Å². The number of pyridine rings is 1. The lowest BCUT2D eigenvalue weighted by Crippen LogP contribution is -2.50. The maximum absolute atomic E-state index is 12.4. The number of rotatable bonds is 4. The quantitative estimate of drug-likeness (QED) is 0.641. The molecule has 0 saturated carbocycles. The Hall–Kier alpha value is -2.22. The maximum atomic E-state index is 12.4. The maximum Gasteiger partial charge on any atom is 0.288 e. The predicted molar refractivity (Wildman–Crippen MR) is 76.3 cm³/mol. The molecular weight excluding hydrogens is 276 g/mol. The Bertz CT molecular complexity index is 577. The molecule has 2 N–H and O–H groups in total. The second-order valence-electron chi connectivity index (χ2n) is 5.23. The lowest BCUT2D eigenvalue weighted by atomic mass is 9.94. The van der Waals surface area contributed by atoms with Gasteiger partial charge in [-0.1, -0.05) is 0 Å². The van der Waals surface area contributed by atoms with Gasteiger partial charge in [0.25, 0.3) is 11.6 Å². The minimum absolute atomic E-state index is 0.119. The molecule has 0 aromatic carbocycles. The first-order chi connectivity index (χ1) is 9.87. The molecule has 1 amide bonds. The molecule has 2 atom stereocenters. The van der Waals surface area contributed by atoms with Crippen LogP contribution in [0, 0.1) is 10.1 Å². The first-order valence-corrected chi connectivity index (χ1v) is 6.63. The molecular formula is C13H18N4O4. The zero-order chi connectivity index (χ0) is 15.6. The van der Waals surface area contributed by atoms with E-state index in [9.17, 15) is 14.9 Å². The van der Waals surface area contributed by atoms with Crippen molar-refractivity contribution in [2.24, 2.45) is 0 Å². The third-order valence-corrected chi connectivity index (χ3v) is 3.85. The first-order valence-electron chi connectivity index (χ1n) is 6.63. The zero-order valence-electron chi connectivity index (χ0n) is 12.2. The van der Waals surface area contributed by atoms with Crippen LogP contribution >= 0.6 is 0 Å². The summed E-state index contributed by atoms with van der Waals surface area (Å²) >= 11 is 0. The third kappa shape index (κ3) is 2.94. The molecule has 0 radical (unpaired) electrons. The van der Waals surface area contributed by atoms with Gasteiger partial charge in [0.2, 0.25) is 0 Å². The molecule has 8 nitrogen and oxygen atoms in total. The highest BCUT2D eigenvalue weighted by Crippen LogP contribution is 2.26. The van der Waals surface area contributed by atoms with Gasteiger partial charge in [-0.2, -0.15) is 0 Å². The van der Waals surface area contributed by atoms with E-state index in [-0.39, 0.29) is 17.4 Å². The number of carbonyl (C=O) groups excluding carboxylic acids is 1. The minimum atomic E-state index is -0.577. The van der Waals surface area contributed by atoms with Crippen LogP contribution in [0.3, 0.4) is 0 Å². The second kappa shape index (κ2) is 5.65. The van der Waals surface area contributed by atoms with E-state index in [1.54, 1.807) is 7.05 Å². The van der Waals surface area contributed by atoms with Crippen molar-refractivity contribution in [3.05, 3.63) is 27.9 Å². The third-order valence-electron chi connectivity index (χ3n) is 3.85. The fraction of sp³-hybridized carbons (Fsp3) is 0.538. The van der Waals surface area contributed by atoms with Gasteiger partial charge < -0.3 is 15.4 Å². The summed E-state index contributed by atoms with van der Waals surface area (Å²) in [5.74, 6) is -0.108. The van der Waals surface area contributed by atoms with Gasteiger partial charge in [0, 0.05) is 19.7 Å². The van der Waals surface area contributed by atoms with Crippen LogP contribution in [0.1, 0.15) is 30.6 Å². The average molecular weight is 294 g/mol. The summed E-state index contributed by atoms with van der Waals surface area (Å²) in [6, 6.07) is 1.22. The fourth-order valence-electron chi connectivity index (χ4n) is 2.25. The van der Waals surface area contributed by atoms with Crippen LogP contribution in [0.2, 0.25) is 0 Å². The van der Waals surface area contributed by atoms with Gasteiger partial charge in [-0.3, -0.25) is 14.9 Å². The van der Waals surface area contributed by atoms with Crippen LogP contribution in [0.25, 0.3) is 0 Å². The second-order valence-corrected chi connectivity index (χ2v) is 5.23. The first kappa shape index (κ1) is 15.2. The highest BCUT2D eigenvalue weighted by Gasteiger charge is 2.39. The number of anilines is 1. The molecule has 2 heterocycles. The number of aromatic nitrogens is 1. The van der Waals surface area contributed by atoms with Crippen LogP contribution in [0.15, 0.2) is 12.3 Å². The number of nitrogens with zero attached hydrogens (tertiary/aromatic N) is 2. The lowest BCUT2D eigenvalue weighted by molar-refractivity contribution is -0.385. The monoisotopic (exact) mass is 294 g/mol. The summed E-state index contributed by atoms with van der Waals surface area (Å²) in [7, 11) is 1.61. The van der Waals surface area contributed by atoms with E-state index in [0.29, 0.717) is 18.8 Å². The van der Waals surface area contributed by atoms with E-state index in [2.05, 4.69) is 15.6 Å². The van der Waals surface area contributed by atoms with Gasteiger partial charge in [-0.05, 0) is 20.3 Å². The molecule has 0 spiro atoms. The standard InChI is InChI=1S/C13H18N4O4/c1-8-13(2,4-5-21-8)16-12(18)10-6-9(17(19)20)7-15-11(10)14-3/h6-8H,4-5H2,1-3H3,(H,14,15)(H,16,18). The van der Waals surface area contributed by atoms with Crippen molar-refractivity contribution in [2.75, 3.05) is 19.0 Å². The van der Waals surface area contributed by atoms with E-state index in [1.165, 1.54) is 6.07 Å². The van der Waals surface area contributed by atoms with Gasteiger partial charge in [0.15, 0.2) is 0 Å². The molecule has 1 aliphatic heterocycles. The molecule has 1 saturated heterocycles. The van der Waals surface area contributed by atoms with E-state index < -0.39 is 16.4 Å². The number of hydrogen-bond donors (Lipinski definition) is 2. The molecule has 1 aromatic rings. The Morgan fingerprint density at radius 3 is 2.86 bits per heavy atom. The average Bonchev–Trinajstić information content (AvgIpc) is 2.77. The van der Waals surface area contributed by atoms with Gasteiger partial charge in [-0.15, -0.1) is 0 Å². The summed E-state index contributed by atoms with van der Waals surface area (Å²) in [5.41, 5.74) is -0.570. The molecule has 2 unspecified atom stereocenters. The highest BCUT2D eigenvalue weighted by atomic mass is 16.6. The molecule has 114 valence electrons. The number of ether oxygens (including phenoxy) is 1. The summed E-state index contributed by atoms with van der Waals surface area (Å²) < 4.78 is 5.47. The number of amides is 1. The zero-order valence-corrected chi connectivity index (χ0v) is 12.2. The van der Waals surface area contributed by atoms with Gasteiger partial charge in [-0.25, -0.2) is 4.98 Å². The number of carbonyl (C=O) groups is 1. The molecule has 1 aliphatic rings. The fourth-order valence-corrected chi connectivity index (χ4v) is 2.25. The Kier molecular flexibility index (Phi) is 4.08. The normalized spacial score (nSPS) is 24.6. The van der Waals surface area contributed by atoms with Crippen LogP contribution in [-0.4, -0.2) is 41.1 Å². The van der Waals surface area contributed by atoms with Crippen LogP contribution in [0.5, 0.6) is 0 Å². The Labute approximate surface area is 122 Å². The summed E-state index contributed by atoms with van der Waals surface area (Å²) in [6.07, 6.45) is 1.69. The molecule has 2 rings (SSSR count). The molecule has 1 fully saturated rings. The summed E-state index contributed by atoms with van der Waals surface area (Å²) in [4.78, 5) is 26.6. The molecule has 21 heavy (non-hydrogen) atoms. The summed E-state index contributed by atoms with van der Waals surface area (Å²) in [6.45, 7) is 4.36.